The Bertz CT molecular complexity index is 935. The Morgan fingerprint density at radius 2 is 1.68 bits per heavy atom. The third-order valence-electron chi connectivity index (χ3n) is 6.81. The molecule has 5 heteroatoms. The van der Waals surface area contributed by atoms with Gasteiger partial charge in [-0.2, -0.15) is 0 Å². The molecule has 4 rings (SSSR count). The summed E-state index contributed by atoms with van der Waals surface area (Å²) in [4.78, 5) is 28.9. The average molecular weight is 439 g/mol. The first-order chi connectivity index (χ1) is 15.0. The molecule has 2 amide bonds. The van der Waals surface area contributed by atoms with E-state index in [1.807, 2.05) is 55.5 Å². The maximum atomic E-state index is 13.7. The Hall–Kier alpha value is -2.33. The Morgan fingerprint density at radius 3 is 2.39 bits per heavy atom. The number of rotatable bonds is 4. The molecule has 164 valence electrons. The van der Waals surface area contributed by atoms with Gasteiger partial charge in [0, 0.05) is 29.6 Å². The van der Waals surface area contributed by atoms with Crippen LogP contribution >= 0.6 is 11.6 Å². The number of nitrogens with zero attached hydrogens (tertiary/aromatic N) is 1. The van der Waals surface area contributed by atoms with Crippen molar-refractivity contribution in [3.8, 4) is 0 Å². The molecule has 0 bridgehead atoms. The van der Waals surface area contributed by atoms with Crippen LogP contribution in [0.3, 0.4) is 0 Å². The molecule has 1 heterocycles. The average Bonchev–Trinajstić information content (AvgIpc) is 2.74. The van der Waals surface area contributed by atoms with E-state index in [4.69, 9.17) is 11.6 Å². The van der Waals surface area contributed by atoms with Crippen LogP contribution in [0.15, 0.2) is 48.5 Å². The number of benzene rings is 2. The first kappa shape index (κ1) is 21.9. The normalized spacial score (nSPS) is 22.4. The number of carbonyl (C=O) groups excluding carboxylic acids is 2. The summed E-state index contributed by atoms with van der Waals surface area (Å²) in [6.45, 7) is 2.29. The number of amides is 2. The van der Waals surface area contributed by atoms with E-state index in [9.17, 15) is 9.59 Å². The van der Waals surface area contributed by atoms with Crippen LogP contribution in [0.1, 0.15) is 73.4 Å². The molecular weight excluding hydrogens is 408 g/mol. The van der Waals surface area contributed by atoms with Gasteiger partial charge in [0.05, 0.1) is 0 Å². The standard InChI is InChI=1S/C26H31ClN2O2/c1-26(25(31)28-22-10-5-3-2-4-6-11-22)17-20-9-7-8-12-23(20)24(30)29(26)18-19-13-15-21(27)16-14-19/h7-9,12-16,22H,2-6,10-11,17-18H2,1H3,(H,28,31)/t26-/m1/s1. The van der Waals surface area contributed by atoms with Gasteiger partial charge in [0.1, 0.15) is 5.54 Å². The van der Waals surface area contributed by atoms with E-state index < -0.39 is 5.54 Å². The molecule has 31 heavy (non-hydrogen) atoms. The topological polar surface area (TPSA) is 49.4 Å². The molecule has 0 spiro atoms. The number of carbonyl (C=O) groups is 2. The van der Waals surface area contributed by atoms with Crippen molar-refractivity contribution in [2.45, 2.75) is 76.4 Å². The second-order valence-electron chi connectivity index (χ2n) is 9.14. The van der Waals surface area contributed by atoms with Crippen LogP contribution in [0.5, 0.6) is 0 Å². The molecule has 2 aromatic rings. The van der Waals surface area contributed by atoms with Crippen LogP contribution in [0.25, 0.3) is 0 Å². The van der Waals surface area contributed by atoms with Crippen molar-refractivity contribution in [2.24, 2.45) is 0 Å². The van der Waals surface area contributed by atoms with Crippen molar-refractivity contribution in [2.75, 3.05) is 0 Å². The Balaban J connectivity index is 1.62. The highest BCUT2D eigenvalue weighted by atomic mass is 35.5. The molecule has 1 atom stereocenters. The lowest BCUT2D eigenvalue weighted by Crippen LogP contribution is -2.63. The smallest absolute Gasteiger partial charge is 0.255 e. The molecule has 1 saturated carbocycles. The van der Waals surface area contributed by atoms with Crippen LogP contribution < -0.4 is 5.32 Å². The number of fused-ring (bicyclic) bond motifs is 1. The molecule has 2 aliphatic rings. The number of halogens is 1. The summed E-state index contributed by atoms with van der Waals surface area (Å²) in [6, 6.07) is 15.3. The highest BCUT2D eigenvalue weighted by molar-refractivity contribution is 6.30. The summed E-state index contributed by atoms with van der Waals surface area (Å²) in [7, 11) is 0. The molecule has 1 aliphatic heterocycles. The van der Waals surface area contributed by atoms with E-state index in [2.05, 4.69) is 5.32 Å². The van der Waals surface area contributed by atoms with Crippen molar-refractivity contribution in [3.63, 3.8) is 0 Å². The van der Waals surface area contributed by atoms with Crippen LogP contribution in [0.4, 0.5) is 0 Å². The van der Waals surface area contributed by atoms with Crippen molar-refractivity contribution in [3.05, 3.63) is 70.2 Å². The van der Waals surface area contributed by atoms with Gasteiger partial charge >= 0.3 is 0 Å². The largest absolute Gasteiger partial charge is 0.351 e. The fourth-order valence-electron chi connectivity index (χ4n) is 4.88. The number of nitrogens with one attached hydrogen (secondary N) is 1. The summed E-state index contributed by atoms with van der Waals surface area (Å²) in [6.07, 6.45) is 8.61. The van der Waals surface area contributed by atoms with Gasteiger partial charge in [-0.25, -0.2) is 0 Å². The molecule has 0 unspecified atom stereocenters. The summed E-state index contributed by atoms with van der Waals surface area (Å²) in [5, 5.41) is 3.98. The SMILES string of the molecule is C[C@]1(C(=O)NC2CCCCCCC2)Cc2ccccc2C(=O)N1Cc1ccc(Cl)cc1. The fraction of sp³-hybridized carbons (Fsp3) is 0.462. The quantitative estimate of drug-likeness (QED) is 0.682. The number of hydrogen-bond acceptors (Lipinski definition) is 2. The molecule has 2 aromatic carbocycles. The molecule has 0 saturated heterocycles. The van der Waals surface area contributed by atoms with Crippen LogP contribution in [-0.2, 0) is 17.8 Å². The molecule has 0 aromatic heterocycles. The van der Waals surface area contributed by atoms with E-state index in [1.54, 1.807) is 4.90 Å². The van der Waals surface area contributed by atoms with Crippen molar-refractivity contribution in [1.29, 1.82) is 0 Å². The van der Waals surface area contributed by atoms with Crippen molar-refractivity contribution < 1.29 is 9.59 Å². The summed E-state index contributed by atoms with van der Waals surface area (Å²) >= 11 is 6.05. The Kier molecular flexibility index (Phi) is 6.66. The predicted molar refractivity (Wildman–Crippen MR) is 124 cm³/mol. The van der Waals surface area contributed by atoms with Gasteiger partial charge in [0.25, 0.3) is 5.91 Å². The molecule has 1 N–H and O–H groups in total. The third kappa shape index (κ3) is 4.79. The monoisotopic (exact) mass is 438 g/mol. The van der Waals surface area contributed by atoms with Crippen molar-refractivity contribution in [1.82, 2.24) is 10.2 Å². The minimum atomic E-state index is -0.937. The minimum Gasteiger partial charge on any atom is -0.351 e. The van der Waals surface area contributed by atoms with Gasteiger partial charge < -0.3 is 10.2 Å². The van der Waals surface area contributed by atoms with Gasteiger partial charge in [-0.15, -0.1) is 0 Å². The lowest BCUT2D eigenvalue weighted by atomic mass is 9.82. The van der Waals surface area contributed by atoms with Gasteiger partial charge in [0.15, 0.2) is 0 Å². The highest BCUT2D eigenvalue weighted by Gasteiger charge is 2.47. The molecule has 1 fully saturated rings. The van der Waals surface area contributed by atoms with Crippen LogP contribution in [0, 0.1) is 0 Å². The second-order valence-corrected chi connectivity index (χ2v) is 9.58. The minimum absolute atomic E-state index is 0.0464. The van der Waals surface area contributed by atoms with E-state index >= 15 is 0 Å². The summed E-state index contributed by atoms with van der Waals surface area (Å²) < 4.78 is 0. The zero-order valence-corrected chi connectivity index (χ0v) is 19.0. The van der Waals surface area contributed by atoms with Gasteiger partial charge in [-0.1, -0.05) is 74.0 Å². The second kappa shape index (κ2) is 9.44. The van der Waals surface area contributed by atoms with Gasteiger partial charge in [-0.05, 0) is 49.1 Å². The number of hydrogen-bond donors (Lipinski definition) is 1. The highest BCUT2D eigenvalue weighted by Crippen LogP contribution is 2.33. The van der Waals surface area contributed by atoms with E-state index in [0.29, 0.717) is 23.6 Å². The molecular formula is C26H31ClN2O2. The first-order valence-electron chi connectivity index (χ1n) is 11.4. The third-order valence-corrected chi connectivity index (χ3v) is 7.06. The summed E-state index contributed by atoms with van der Waals surface area (Å²) in [5.74, 6) is -0.137. The van der Waals surface area contributed by atoms with Crippen molar-refractivity contribution >= 4 is 23.4 Å². The summed E-state index contributed by atoms with van der Waals surface area (Å²) in [5.41, 5.74) is 1.65. The Morgan fingerprint density at radius 1 is 1.03 bits per heavy atom. The van der Waals surface area contributed by atoms with E-state index in [0.717, 1.165) is 36.8 Å². The van der Waals surface area contributed by atoms with Gasteiger partial charge in [0.2, 0.25) is 5.91 Å². The zero-order valence-electron chi connectivity index (χ0n) is 18.2. The predicted octanol–water partition coefficient (Wildman–Crippen LogP) is 5.53. The van der Waals surface area contributed by atoms with E-state index in [-0.39, 0.29) is 17.9 Å². The maximum absolute atomic E-state index is 13.7. The lowest BCUT2D eigenvalue weighted by Gasteiger charge is -2.44. The molecule has 1 aliphatic carbocycles. The lowest BCUT2D eigenvalue weighted by molar-refractivity contribution is -0.132. The van der Waals surface area contributed by atoms with E-state index in [1.165, 1.54) is 19.3 Å². The molecule has 4 nitrogen and oxygen atoms in total. The zero-order chi connectivity index (χ0) is 21.8. The van der Waals surface area contributed by atoms with Gasteiger partial charge in [-0.3, -0.25) is 9.59 Å². The van der Waals surface area contributed by atoms with Crippen LogP contribution in [-0.4, -0.2) is 28.3 Å². The molecule has 0 radical (unpaired) electrons. The first-order valence-corrected chi connectivity index (χ1v) is 11.8. The Labute approximate surface area is 190 Å². The maximum Gasteiger partial charge on any atom is 0.255 e. The van der Waals surface area contributed by atoms with Crippen LogP contribution in [0.2, 0.25) is 5.02 Å². The fourth-order valence-corrected chi connectivity index (χ4v) is 5.01.